The van der Waals surface area contributed by atoms with Crippen molar-refractivity contribution in [1.29, 1.82) is 0 Å². The number of aliphatic carboxylic acids is 1. The second-order valence-corrected chi connectivity index (χ2v) is 7.01. The number of amides is 2. The highest BCUT2D eigenvalue weighted by Crippen LogP contribution is 2.26. The first-order valence-corrected chi connectivity index (χ1v) is 9.04. The van der Waals surface area contributed by atoms with E-state index in [4.69, 9.17) is 9.84 Å². The fraction of sp³-hybridized carbons (Fsp3) is 0.882. The van der Waals surface area contributed by atoms with Gasteiger partial charge in [-0.05, 0) is 51.0 Å². The Morgan fingerprint density at radius 2 is 1.88 bits per heavy atom. The van der Waals surface area contributed by atoms with Gasteiger partial charge >= 0.3 is 12.0 Å². The third kappa shape index (κ3) is 5.63. The van der Waals surface area contributed by atoms with Crippen LogP contribution in [0.25, 0.3) is 0 Å². The second kappa shape index (κ2) is 9.22. The van der Waals surface area contributed by atoms with E-state index in [2.05, 4.69) is 10.6 Å². The molecule has 0 aromatic carbocycles. The maximum absolute atomic E-state index is 12.0. The zero-order valence-corrected chi connectivity index (χ0v) is 14.8. The van der Waals surface area contributed by atoms with Gasteiger partial charge in [0.2, 0.25) is 0 Å². The van der Waals surface area contributed by atoms with Crippen LogP contribution >= 0.6 is 0 Å². The number of urea groups is 1. The van der Waals surface area contributed by atoms with Crippen molar-refractivity contribution < 1.29 is 19.4 Å². The third-order valence-corrected chi connectivity index (χ3v) is 5.39. The Hall–Kier alpha value is -1.34. The summed E-state index contributed by atoms with van der Waals surface area (Å²) in [5, 5.41) is 14.9. The fourth-order valence-corrected chi connectivity index (χ4v) is 3.72. The van der Waals surface area contributed by atoms with Crippen molar-refractivity contribution in [3.8, 4) is 0 Å². The summed E-state index contributed by atoms with van der Waals surface area (Å²) in [4.78, 5) is 24.7. The van der Waals surface area contributed by atoms with Gasteiger partial charge in [0.05, 0.1) is 12.6 Å². The Balaban J connectivity index is 1.58. The molecule has 2 aliphatic rings. The molecule has 0 heterocycles. The molecule has 0 spiro atoms. The molecule has 0 radical (unpaired) electrons. The highest BCUT2D eigenvalue weighted by Gasteiger charge is 2.34. The zero-order valence-electron chi connectivity index (χ0n) is 14.8. The van der Waals surface area contributed by atoms with Crippen molar-refractivity contribution in [2.45, 2.75) is 63.6 Å². The zero-order chi connectivity index (χ0) is 17.5. The number of carbonyl (C=O) groups is 2. The Morgan fingerprint density at radius 1 is 1.21 bits per heavy atom. The van der Waals surface area contributed by atoms with Crippen LogP contribution < -0.4 is 10.6 Å². The summed E-state index contributed by atoms with van der Waals surface area (Å²) in [6.07, 6.45) is 6.39. The number of nitrogens with zero attached hydrogens (tertiary/aromatic N) is 1. The van der Waals surface area contributed by atoms with Crippen LogP contribution in [0, 0.1) is 5.92 Å². The molecule has 2 rings (SSSR count). The highest BCUT2D eigenvalue weighted by atomic mass is 16.5. The highest BCUT2D eigenvalue weighted by molar-refractivity contribution is 5.74. The van der Waals surface area contributed by atoms with Crippen LogP contribution in [0.15, 0.2) is 0 Å². The quantitative estimate of drug-likeness (QED) is 0.621. The maximum atomic E-state index is 12.0. The summed E-state index contributed by atoms with van der Waals surface area (Å²) in [7, 11) is 1.76. The van der Waals surface area contributed by atoms with Crippen molar-refractivity contribution in [3.05, 3.63) is 0 Å². The lowest BCUT2D eigenvalue weighted by atomic mass is 9.85. The number of rotatable bonds is 8. The van der Waals surface area contributed by atoms with E-state index < -0.39 is 5.97 Å². The Bertz CT molecular complexity index is 418. The summed E-state index contributed by atoms with van der Waals surface area (Å²) in [6, 6.07) is 0.316. The molecular formula is C17H31N3O4. The van der Waals surface area contributed by atoms with Gasteiger partial charge < -0.3 is 20.5 Å². The predicted molar refractivity (Wildman–Crippen MR) is 91.0 cm³/mol. The maximum Gasteiger partial charge on any atom is 0.317 e. The number of nitrogens with one attached hydrogen (secondary N) is 2. The molecule has 2 saturated carbocycles. The molecule has 2 fully saturated rings. The molecule has 0 aromatic rings. The topological polar surface area (TPSA) is 90.9 Å². The van der Waals surface area contributed by atoms with E-state index in [1.54, 1.807) is 7.11 Å². The van der Waals surface area contributed by atoms with Crippen LogP contribution in [0.3, 0.4) is 0 Å². The SMILES string of the molecule is CCN(CC(=O)O)C1CC(NC(=O)NCC2CCC(OC)CC2)C1. The number of carboxylic acids is 1. The van der Waals surface area contributed by atoms with Gasteiger partial charge in [0, 0.05) is 25.7 Å². The van der Waals surface area contributed by atoms with E-state index in [0.717, 1.165) is 51.6 Å². The first kappa shape index (κ1) is 19.0. The van der Waals surface area contributed by atoms with E-state index in [-0.39, 0.29) is 24.7 Å². The molecular weight excluding hydrogens is 310 g/mol. The molecule has 0 aromatic heterocycles. The minimum absolute atomic E-state index is 0.0736. The minimum Gasteiger partial charge on any atom is -0.480 e. The van der Waals surface area contributed by atoms with Crippen molar-refractivity contribution in [2.75, 3.05) is 26.7 Å². The van der Waals surface area contributed by atoms with Crippen molar-refractivity contribution in [1.82, 2.24) is 15.5 Å². The number of carboxylic acid groups (broad SMARTS) is 1. The van der Waals surface area contributed by atoms with Crippen molar-refractivity contribution in [2.24, 2.45) is 5.92 Å². The lowest BCUT2D eigenvalue weighted by Gasteiger charge is -2.42. The van der Waals surface area contributed by atoms with Crippen LogP contribution in [0.4, 0.5) is 4.79 Å². The largest absolute Gasteiger partial charge is 0.480 e. The molecule has 138 valence electrons. The first-order valence-electron chi connectivity index (χ1n) is 9.04. The van der Waals surface area contributed by atoms with Crippen LogP contribution in [-0.2, 0) is 9.53 Å². The number of ether oxygens (including phenoxy) is 1. The van der Waals surface area contributed by atoms with Gasteiger partial charge in [-0.25, -0.2) is 4.79 Å². The standard InChI is InChI=1S/C17H31N3O4/c1-3-20(11-16(21)22)14-8-13(9-14)19-17(23)18-10-12-4-6-15(24-2)7-5-12/h12-15H,3-11H2,1-2H3,(H,21,22)(H2,18,19,23). The molecule has 0 unspecified atom stereocenters. The molecule has 2 amide bonds. The summed E-state index contributed by atoms with van der Waals surface area (Å²) in [5.41, 5.74) is 0. The molecule has 24 heavy (non-hydrogen) atoms. The molecule has 0 aliphatic heterocycles. The van der Waals surface area contributed by atoms with Gasteiger partial charge in [0.1, 0.15) is 0 Å². The fourth-order valence-electron chi connectivity index (χ4n) is 3.72. The van der Waals surface area contributed by atoms with E-state index in [1.165, 1.54) is 0 Å². The summed E-state index contributed by atoms with van der Waals surface area (Å²) >= 11 is 0. The van der Waals surface area contributed by atoms with Gasteiger partial charge in [-0.15, -0.1) is 0 Å². The van der Waals surface area contributed by atoms with Crippen LogP contribution in [-0.4, -0.2) is 66.9 Å². The number of hydrogen-bond acceptors (Lipinski definition) is 4. The molecule has 0 bridgehead atoms. The normalized spacial score (nSPS) is 29.8. The molecule has 7 nitrogen and oxygen atoms in total. The minimum atomic E-state index is -0.797. The van der Waals surface area contributed by atoms with Gasteiger partial charge in [-0.1, -0.05) is 6.92 Å². The average Bonchev–Trinajstić information content (AvgIpc) is 2.54. The van der Waals surface area contributed by atoms with E-state index >= 15 is 0 Å². The Kier molecular flexibility index (Phi) is 7.30. The molecule has 2 aliphatic carbocycles. The van der Waals surface area contributed by atoms with Gasteiger partial charge in [-0.3, -0.25) is 9.69 Å². The van der Waals surface area contributed by atoms with Gasteiger partial charge in [0.25, 0.3) is 0 Å². The third-order valence-electron chi connectivity index (χ3n) is 5.39. The second-order valence-electron chi connectivity index (χ2n) is 7.01. The molecule has 3 N–H and O–H groups in total. The molecule has 0 atom stereocenters. The lowest BCUT2D eigenvalue weighted by molar-refractivity contribution is -0.139. The molecule has 7 heteroatoms. The smallest absolute Gasteiger partial charge is 0.317 e. The van der Waals surface area contributed by atoms with Crippen molar-refractivity contribution >= 4 is 12.0 Å². The number of methoxy groups -OCH3 is 1. The first-order chi connectivity index (χ1) is 11.5. The Morgan fingerprint density at radius 3 is 2.42 bits per heavy atom. The van der Waals surface area contributed by atoms with E-state index in [0.29, 0.717) is 12.0 Å². The van der Waals surface area contributed by atoms with Crippen molar-refractivity contribution in [3.63, 3.8) is 0 Å². The summed E-state index contributed by atoms with van der Waals surface area (Å²) in [6.45, 7) is 3.48. The van der Waals surface area contributed by atoms with Crippen LogP contribution in [0.1, 0.15) is 45.4 Å². The average molecular weight is 341 g/mol. The Labute approximate surface area is 144 Å². The summed E-state index contributed by atoms with van der Waals surface area (Å²) in [5.74, 6) is -0.253. The van der Waals surface area contributed by atoms with Gasteiger partial charge in [0.15, 0.2) is 0 Å². The summed E-state index contributed by atoms with van der Waals surface area (Å²) < 4.78 is 5.36. The molecule has 0 saturated heterocycles. The van der Waals surface area contributed by atoms with Gasteiger partial charge in [-0.2, -0.15) is 0 Å². The number of carbonyl (C=O) groups excluding carboxylic acids is 1. The van der Waals surface area contributed by atoms with Crippen LogP contribution in [0.2, 0.25) is 0 Å². The number of likely N-dealkylation sites (N-methyl/N-ethyl adjacent to an activating group) is 1. The van der Waals surface area contributed by atoms with E-state index in [1.807, 2.05) is 11.8 Å². The van der Waals surface area contributed by atoms with Crippen LogP contribution in [0.5, 0.6) is 0 Å². The van der Waals surface area contributed by atoms with E-state index in [9.17, 15) is 9.59 Å². The lowest BCUT2D eigenvalue weighted by Crippen LogP contribution is -2.56. The monoisotopic (exact) mass is 341 g/mol. The number of hydrogen-bond donors (Lipinski definition) is 3. The predicted octanol–water partition coefficient (Wildman–Crippen LogP) is 1.43.